The fourth-order valence-corrected chi connectivity index (χ4v) is 4.91. The summed E-state index contributed by atoms with van der Waals surface area (Å²) in [5, 5.41) is 10.2. The Morgan fingerprint density at radius 3 is 2.50 bits per heavy atom. The summed E-state index contributed by atoms with van der Waals surface area (Å²) >= 11 is 0. The van der Waals surface area contributed by atoms with Crippen LogP contribution < -0.4 is 5.32 Å². The molecule has 2 saturated heterocycles. The molecule has 1 amide bonds. The Hall–Kier alpha value is -2.30. The lowest BCUT2D eigenvalue weighted by Gasteiger charge is -2.25. The van der Waals surface area contributed by atoms with E-state index in [9.17, 15) is 13.2 Å². The normalized spacial score (nSPS) is 20.9. The predicted octanol–water partition coefficient (Wildman–Crippen LogP) is 2.35. The van der Waals surface area contributed by atoms with E-state index in [0.717, 1.165) is 32.1 Å². The largest absolute Gasteiger partial charge is 0.405 e. The summed E-state index contributed by atoms with van der Waals surface area (Å²) in [4.78, 5) is 12.6. The molecule has 2 aliphatic heterocycles. The van der Waals surface area contributed by atoms with Crippen molar-refractivity contribution in [3.63, 3.8) is 0 Å². The minimum Gasteiger partial charge on any atom is -0.405 e. The first-order valence-corrected chi connectivity index (χ1v) is 10.8. The number of hydrogen-bond acceptors (Lipinski definition) is 7. The highest BCUT2D eigenvalue weighted by atomic mass is 32.2. The van der Waals surface area contributed by atoms with Gasteiger partial charge in [0.25, 0.3) is 5.91 Å². The Labute approximate surface area is 163 Å². The number of amides is 1. The molecular weight excluding hydrogens is 384 g/mol. The van der Waals surface area contributed by atoms with Gasteiger partial charge in [0, 0.05) is 25.3 Å². The molecule has 0 bridgehead atoms. The van der Waals surface area contributed by atoms with Crippen LogP contribution in [0, 0.1) is 0 Å². The molecule has 0 unspecified atom stereocenters. The minimum absolute atomic E-state index is 0.0134. The van der Waals surface area contributed by atoms with E-state index in [1.54, 1.807) is 0 Å². The van der Waals surface area contributed by atoms with Crippen LogP contribution in [0.15, 0.2) is 33.6 Å². The number of nitrogens with zero attached hydrogens (tertiary/aromatic N) is 3. The number of nitrogens with one attached hydrogen (secondary N) is 1. The van der Waals surface area contributed by atoms with Crippen LogP contribution in [0.4, 0.5) is 6.01 Å². The van der Waals surface area contributed by atoms with Gasteiger partial charge in [0.1, 0.15) is 6.10 Å². The van der Waals surface area contributed by atoms with Gasteiger partial charge in [-0.3, -0.25) is 10.1 Å². The maximum atomic E-state index is 12.7. The third-order valence-corrected chi connectivity index (χ3v) is 6.85. The summed E-state index contributed by atoms with van der Waals surface area (Å²) in [5.74, 6) is -0.111. The zero-order chi connectivity index (χ0) is 19.6. The average molecular weight is 406 g/mol. The van der Waals surface area contributed by atoms with E-state index in [1.807, 2.05) is 0 Å². The Morgan fingerprint density at radius 1 is 1.07 bits per heavy atom. The molecule has 10 heteroatoms. The van der Waals surface area contributed by atoms with Crippen LogP contribution in [0.25, 0.3) is 0 Å². The van der Waals surface area contributed by atoms with E-state index in [1.165, 1.54) is 28.6 Å². The first kappa shape index (κ1) is 19.0. The lowest BCUT2D eigenvalue weighted by molar-refractivity contribution is 0.0893. The standard InChI is InChI=1S/C18H22N4O5S/c23-16(19-18-21-20-17(27-18)15-5-4-12-26-15)13-6-8-14(9-7-13)28(24,25)22-10-2-1-3-11-22/h6-9,15H,1-5,10-12H2,(H,19,21,23)/t15-/m0/s1. The van der Waals surface area contributed by atoms with Gasteiger partial charge in [-0.15, -0.1) is 5.10 Å². The predicted molar refractivity (Wildman–Crippen MR) is 99.2 cm³/mol. The second-order valence-electron chi connectivity index (χ2n) is 6.89. The average Bonchev–Trinajstić information content (AvgIpc) is 3.40. The van der Waals surface area contributed by atoms with Crippen molar-refractivity contribution in [1.82, 2.24) is 14.5 Å². The van der Waals surface area contributed by atoms with Gasteiger partial charge < -0.3 is 9.15 Å². The smallest absolute Gasteiger partial charge is 0.322 e. The summed E-state index contributed by atoms with van der Waals surface area (Å²) < 4.78 is 37.7. The van der Waals surface area contributed by atoms with Gasteiger partial charge in [0.15, 0.2) is 0 Å². The van der Waals surface area contributed by atoms with Crippen molar-refractivity contribution in [2.75, 3.05) is 25.0 Å². The van der Waals surface area contributed by atoms with Gasteiger partial charge in [0.05, 0.1) is 4.90 Å². The molecule has 3 heterocycles. The molecule has 9 nitrogen and oxygen atoms in total. The van der Waals surface area contributed by atoms with Gasteiger partial charge in [-0.05, 0) is 49.9 Å². The third kappa shape index (κ3) is 3.94. The molecule has 2 aromatic rings. The number of hydrogen-bond donors (Lipinski definition) is 1. The SMILES string of the molecule is O=C(Nc1nnc([C@@H]2CCCO2)o1)c1ccc(S(=O)(=O)N2CCCCC2)cc1. The number of benzene rings is 1. The summed E-state index contributed by atoms with van der Waals surface area (Å²) in [6.45, 7) is 1.73. The van der Waals surface area contributed by atoms with Gasteiger partial charge in [-0.2, -0.15) is 4.31 Å². The Balaban J connectivity index is 1.42. The number of piperidine rings is 1. The molecule has 0 saturated carbocycles. The monoisotopic (exact) mass is 406 g/mol. The number of carbonyl (C=O) groups excluding carboxylic acids is 1. The number of rotatable bonds is 5. The second-order valence-corrected chi connectivity index (χ2v) is 8.83. The fraction of sp³-hybridized carbons (Fsp3) is 0.500. The highest BCUT2D eigenvalue weighted by Gasteiger charge is 2.26. The van der Waals surface area contributed by atoms with Gasteiger partial charge in [-0.25, -0.2) is 8.42 Å². The topological polar surface area (TPSA) is 115 Å². The van der Waals surface area contributed by atoms with Crippen molar-refractivity contribution >= 4 is 21.9 Å². The molecule has 28 heavy (non-hydrogen) atoms. The molecule has 150 valence electrons. The van der Waals surface area contributed by atoms with Gasteiger partial charge in [-0.1, -0.05) is 11.5 Å². The van der Waals surface area contributed by atoms with E-state index in [2.05, 4.69) is 15.5 Å². The zero-order valence-corrected chi connectivity index (χ0v) is 16.2. The molecule has 0 aliphatic carbocycles. The molecule has 1 aromatic heterocycles. The Kier molecular flexibility index (Phi) is 5.42. The van der Waals surface area contributed by atoms with Crippen LogP contribution in [-0.2, 0) is 14.8 Å². The molecule has 0 radical (unpaired) electrons. The van der Waals surface area contributed by atoms with Crippen molar-refractivity contribution in [1.29, 1.82) is 0 Å². The maximum Gasteiger partial charge on any atom is 0.322 e. The van der Waals surface area contributed by atoms with Crippen molar-refractivity contribution in [3.05, 3.63) is 35.7 Å². The lowest BCUT2D eigenvalue weighted by Crippen LogP contribution is -2.35. The van der Waals surface area contributed by atoms with E-state index in [4.69, 9.17) is 9.15 Å². The van der Waals surface area contributed by atoms with Crippen LogP contribution in [0.5, 0.6) is 0 Å². The third-order valence-electron chi connectivity index (χ3n) is 4.94. The molecule has 1 N–H and O–H groups in total. The summed E-state index contributed by atoms with van der Waals surface area (Å²) in [6.07, 6.45) is 4.31. The maximum absolute atomic E-state index is 12.7. The number of aromatic nitrogens is 2. The first-order valence-electron chi connectivity index (χ1n) is 9.40. The van der Waals surface area contributed by atoms with E-state index < -0.39 is 15.9 Å². The summed E-state index contributed by atoms with van der Waals surface area (Å²) in [7, 11) is -3.52. The number of ether oxygens (including phenoxy) is 1. The minimum atomic E-state index is -3.52. The van der Waals surface area contributed by atoms with Crippen molar-refractivity contribution in [3.8, 4) is 0 Å². The Bertz CT molecular complexity index is 929. The summed E-state index contributed by atoms with van der Waals surface area (Å²) in [5.41, 5.74) is 0.300. The van der Waals surface area contributed by atoms with Crippen LogP contribution in [-0.4, -0.2) is 48.5 Å². The zero-order valence-electron chi connectivity index (χ0n) is 15.3. The number of carbonyl (C=O) groups is 1. The highest BCUT2D eigenvalue weighted by Crippen LogP contribution is 2.28. The van der Waals surface area contributed by atoms with Gasteiger partial charge >= 0.3 is 6.01 Å². The van der Waals surface area contributed by atoms with Gasteiger partial charge in [0.2, 0.25) is 15.9 Å². The Morgan fingerprint density at radius 2 is 1.82 bits per heavy atom. The van der Waals surface area contributed by atoms with E-state index in [-0.39, 0.29) is 17.0 Å². The molecule has 1 aromatic carbocycles. The van der Waals surface area contributed by atoms with E-state index >= 15 is 0 Å². The highest BCUT2D eigenvalue weighted by molar-refractivity contribution is 7.89. The van der Waals surface area contributed by atoms with Crippen molar-refractivity contribution < 1.29 is 22.4 Å². The van der Waals surface area contributed by atoms with Crippen LogP contribution >= 0.6 is 0 Å². The van der Waals surface area contributed by atoms with Crippen LogP contribution in [0.1, 0.15) is 54.5 Å². The first-order chi connectivity index (χ1) is 13.5. The van der Waals surface area contributed by atoms with Crippen LogP contribution in [0.2, 0.25) is 0 Å². The van der Waals surface area contributed by atoms with Crippen molar-refractivity contribution in [2.24, 2.45) is 0 Å². The van der Waals surface area contributed by atoms with Crippen molar-refractivity contribution in [2.45, 2.75) is 43.1 Å². The fourth-order valence-electron chi connectivity index (χ4n) is 3.39. The summed E-state index contributed by atoms with van der Waals surface area (Å²) in [6, 6.07) is 5.84. The van der Waals surface area contributed by atoms with E-state index in [0.29, 0.717) is 31.2 Å². The molecule has 2 aliphatic rings. The quantitative estimate of drug-likeness (QED) is 0.810. The molecule has 0 spiro atoms. The molecule has 2 fully saturated rings. The molecule has 1 atom stereocenters. The number of sulfonamides is 1. The van der Waals surface area contributed by atoms with Crippen LogP contribution in [0.3, 0.4) is 0 Å². The second kappa shape index (κ2) is 7.98. The lowest BCUT2D eigenvalue weighted by atomic mass is 10.2. The molecular formula is C18H22N4O5S. The molecule has 4 rings (SSSR count). The number of anilines is 1.